The monoisotopic (exact) mass is 299 g/mol. The van der Waals surface area contributed by atoms with Crippen molar-refractivity contribution in [2.45, 2.75) is 30.2 Å². The zero-order chi connectivity index (χ0) is 14.7. The van der Waals surface area contributed by atoms with E-state index in [1.807, 2.05) is 30.0 Å². The molecule has 0 bridgehead atoms. The predicted octanol–water partition coefficient (Wildman–Crippen LogP) is 3.98. The Morgan fingerprint density at radius 2 is 2.00 bits per heavy atom. The van der Waals surface area contributed by atoms with Gasteiger partial charge in [-0.05, 0) is 60.2 Å². The highest BCUT2D eigenvalue weighted by molar-refractivity contribution is 7.99. The van der Waals surface area contributed by atoms with Crippen LogP contribution in [0.5, 0.6) is 5.75 Å². The minimum Gasteiger partial charge on any atom is -0.497 e. The van der Waals surface area contributed by atoms with Gasteiger partial charge in [-0.2, -0.15) is 0 Å². The summed E-state index contributed by atoms with van der Waals surface area (Å²) in [5, 5.41) is 0. The third-order valence-corrected chi connectivity index (χ3v) is 5.13. The fraction of sp³-hybridized carbons (Fsp3) is 0.333. The van der Waals surface area contributed by atoms with Gasteiger partial charge in [0, 0.05) is 16.7 Å². The summed E-state index contributed by atoms with van der Waals surface area (Å²) in [6, 6.07) is 14.9. The number of fused-ring (bicyclic) bond motifs is 1. The maximum Gasteiger partial charge on any atom is 0.119 e. The van der Waals surface area contributed by atoms with Crippen LogP contribution in [0.25, 0.3) is 0 Å². The van der Waals surface area contributed by atoms with Crippen molar-refractivity contribution in [1.82, 2.24) is 0 Å². The molecule has 3 heteroatoms. The van der Waals surface area contributed by atoms with Crippen molar-refractivity contribution in [3.8, 4) is 5.75 Å². The van der Waals surface area contributed by atoms with Crippen LogP contribution in [-0.2, 0) is 12.8 Å². The van der Waals surface area contributed by atoms with Gasteiger partial charge < -0.3 is 10.5 Å². The molecule has 2 aromatic carbocycles. The molecule has 1 aliphatic carbocycles. The molecule has 1 unspecified atom stereocenters. The lowest BCUT2D eigenvalue weighted by molar-refractivity contribution is 0.414. The Morgan fingerprint density at radius 3 is 2.86 bits per heavy atom. The highest BCUT2D eigenvalue weighted by Crippen LogP contribution is 2.29. The van der Waals surface area contributed by atoms with Crippen molar-refractivity contribution in [2.75, 3.05) is 12.9 Å². The second-order valence-electron chi connectivity index (χ2n) is 5.48. The summed E-state index contributed by atoms with van der Waals surface area (Å²) < 4.78 is 5.26. The quantitative estimate of drug-likeness (QED) is 0.848. The van der Waals surface area contributed by atoms with Crippen LogP contribution in [0.15, 0.2) is 47.4 Å². The molecular formula is C18H21NOS. The number of rotatable bonds is 5. The third kappa shape index (κ3) is 3.42. The first-order valence-corrected chi connectivity index (χ1v) is 8.39. The predicted molar refractivity (Wildman–Crippen MR) is 89.1 cm³/mol. The Bertz CT molecular complexity index is 626. The molecule has 0 saturated carbocycles. The zero-order valence-electron chi connectivity index (χ0n) is 12.3. The van der Waals surface area contributed by atoms with Crippen LogP contribution in [0, 0.1) is 0 Å². The number of thioether (sulfide) groups is 1. The molecule has 0 spiro atoms. The lowest BCUT2D eigenvalue weighted by Gasteiger charge is -2.13. The number of methoxy groups -OCH3 is 1. The van der Waals surface area contributed by atoms with Gasteiger partial charge >= 0.3 is 0 Å². The summed E-state index contributed by atoms with van der Waals surface area (Å²) in [6.07, 6.45) is 3.77. The summed E-state index contributed by atoms with van der Waals surface area (Å²) in [5.41, 5.74) is 10.5. The van der Waals surface area contributed by atoms with E-state index in [1.165, 1.54) is 35.3 Å². The van der Waals surface area contributed by atoms with Crippen LogP contribution in [0.1, 0.15) is 29.2 Å². The Balaban J connectivity index is 1.64. The molecular weight excluding hydrogens is 278 g/mol. The minimum atomic E-state index is 0.0263. The molecule has 2 nitrogen and oxygen atoms in total. The van der Waals surface area contributed by atoms with Crippen molar-refractivity contribution >= 4 is 11.8 Å². The first-order valence-electron chi connectivity index (χ1n) is 7.40. The number of benzene rings is 2. The van der Waals surface area contributed by atoms with E-state index in [2.05, 4.69) is 24.3 Å². The number of hydrogen-bond acceptors (Lipinski definition) is 3. The Hall–Kier alpha value is -1.45. The van der Waals surface area contributed by atoms with Gasteiger partial charge in [0.05, 0.1) is 7.11 Å². The minimum absolute atomic E-state index is 0.0263. The van der Waals surface area contributed by atoms with Crippen molar-refractivity contribution in [3.63, 3.8) is 0 Å². The van der Waals surface area contributed by atoms with E-state index in [4.69, 9.17) is 10.5 Å². The maximum atomic E-state index is 6.30. The molecule has 0 saturated heterocycles. The molecule has 21 heavy (non-hydrogen) atoms. The average molecular weight is 299 g/mol. The van der Waals surface area contributed by atoms with Gasteiger partial charge in [-0.15, -0.1) is 11.8 Å². The van der Waals surface area contributed by atoms with Crippen LogP contribution in [0.3, 0.4) is 0 Å². The number of ether oxygens (including phenoxy) is 1. The molecule has 110 valence electrons. The first kappa shape index (κ1) is 14.5. The van der Waals surface area contributed by atoms with Crippen LogP contribution in [0.4, 0.5) is 0 Å². The molecule has 1 aliphatic rings. The molecule has 0 aromatic heterocycles. The van der Waals surface area contributed by atoms with E-state index >= 15 is 0 Å². The van der Waals surface area contributed by atoms with Gasteiger partial charge in [0.2, 0.25) is 0 Å². The lowest BCUT2D eigenvalue weighted by Crippen LogP contribution is -2.12. The van der Waals surface area contributed by atoms with E-state index in [1.54, 1.807) is 7.11 Å². The third-order valence-electron chi connectivity index (χ3n) is 4.02. The first-order chi connectivity index (χ1) is 10.3. The van der Waals surface area contributed by atoms with Crippen molar-refractivity contribution in [1.29, 1.82) is 0 Å². The van der Waals surface area contributed by atoms with Crippen LogP contribution < -0.4 is 10.5 Å². The van der Waals surface area contributed by atoms with Crippen molar-refractivity contribution in [2.24, 2.45) is 5.73 Å². The smallest absolute Gasteiger partial charge is 0.119 e. The van der Waals surface area contributed by atoms with Gasteiger partial charge in [0.25, 0.3) is 0 Å². The number of hydrogen-bond donors (Lipinski definition) is 1. The standard InChI is InChI=1S/C18H21NOS/c1-20-16-7-3-6-15(10-16)18(19)12-21-17-9-8-13-4-2-5-14(13)11-17/h3,6-11,18H,2,4-5,12,19H2,1H3. The molecule has 2 N–H and O–H groups in total. The topological polar surface area (TPSA) is 35.2 Å². The van der Waals surface area contributed by atoms with E-state index in [0.29, 0.717) is 0 Å². The molecule has 1 atom stereocenters. The van der Waals surface area contributed by atoms with E-state index in [9.17, 15) is 0 Å². The Kier molecular flexibility index (Phi) is 4.51. The van der Waals surface area contributed by atoms with Gasteiger partial charge in [0.1, 0.15) is 5.75 Å². The maximum absolute atomic E-state index is 6.30. The molecule has 3 rings (SSSR count). The normalized spacial score (nSPS) is 14.8. The van der Waals surface area contributed by atoms with Crippen molar-refractivity contribution < 1.29 is 4.74 Å². The lowest BCUT2D eigenvalue weighted by atomic mass is 10.1. The average Bonchev–Trinajstić information content (AvgIpc) is 3.00. The van der Waals surface area contributed by atoms with Gasteiger partial charge in [-0.25, -0.2) is 0 Å². The fourth-order valence-corrected chi connectivity index (χ4v) is 3.75. The van der Waals surface area contributed by atoms with E-state index in [-0.39, 0.29) is 6.04 Å². The molecule has 0 aliphatic heterocycles. The summed E-state index contributed by atoms with van der Waals surface area (Å²) in [4.78, 5) is 1.33. The van der Waals surface area contributed by atoms with E-state index in [0.717, 1.165) is 17.1 Å². The Morgan fingerprint density at radius 1 is 1.14 bits per heavy atom. The van der Waals surface area contributed by atoms with Crippen molar-refractivity contribution in [3.05, 3.63) is 59.2 Å². The van der Waals surface area contributed by atoms with E-state index < -0.39 is 0 Å². The summed E-state index contributed by atoms with van der Waals surface area (Å²) in [5.74, 6) is 1.75. The van der Waals surface area contributed by atoms with Crippen LogP contribution in [0.2, 0.25) is 0 Å². The second kappa shape index (κ2) is 6.54. The second-order valence-corrected chi connectivity index (χ2v) is 6.57. The van der Waals surface area contributed by atoms with Gasteiger partial charge in [-0.1, -0.05) is 18.2 Å². The molecule has 0 amide bonds. The largest absolute Gasteiger partial charge is 0.497 e. The van der Waals surface area contributed by atoms with Gasteiger partial charge in [-0.3, -0.25) is 0 Å². The number of aryl methyl sites for hydroxylation is 2. The molecule has 0 radical (unpaired) electrons. The fourth-order valence-electron chi connectivity index (χ4n) is 2.79. The summed E-state index contributed by atoms with van der Waals surface area (Å²) >= 11 is 1.84. The highest BCUT2D eigenvalue weighted by atomic mass is 32.2. The number of nitrogens with two attached hydrogens (primary N) is 1. The zero-order valence-corrected chi connectivity index (χ0v) is 13.2. The highest BCUT2D eigenvalue weighted by Gasteiger charge is 2.12. The van der Waals surface area contributed by atoms with Crippen LogP contribution in [-0.4, -0.2) is 12.9 Å². The van der Waals surface area contributed by atoms with Crippen LogP contribution >= 0.6 is 11.8 Å². The summed E-state index contributed by atoms with van der Waals surface area (Å²) in [6.45, 7) is 0. The summed E-state index contributed by atoms with van der Waals surface area (Å²) in [7, 11) is 1.68. The molecule has 0 fully saturated rings. The molecule has 2 aromatic rings. The Labute approximate surface area is 130 Å². The SMILES string of the molecule is COc1cccc(C(N)CSc2ccc3c(c2)CCC3)c1. The molecule has 0 heterocycles. The van der Waals surface area contributed by atoms with Gasteiger partial charge in [0.15, 0.2) is 0 Å².